The SMILES string of the molecule is O=C(O)CCNCCSc1ccccc1F. The molecule has 0 amide bonds. The molecule has 3 nitrogen and oxygen atoms in total. The summed E-state index contributed by atoms with van der Waals surface area (Å²) >= 11 is 1.42. The molecule has 0 radical (unpaired) electrons. The Kier molecular flexibility index (Phi) is 5.88. The van der Waals surface area contributed by atoms with Gasteiger partial charge in [-0.25, -0.2) is 4.39 Å². The van der Waals surface area contributed by atoms with Gasteiger partial charge < -0.3 is 10.4 Å². The summed E-state index contributed by atoms with van der Waals surface area (Å²) in [6.45, 7) is 1.12. The van der Waals surface area contributed by atoms with Gasteiger partial charge in [0.05, 0.1) is 6.42 Å². The van der Waals surface area contributed by atoms with Crippen molar-refractivity contribution in [1.29, 1.82) is 0 Å². The third kappa shape index (κ3) is 5.14. The van der Waals surface area contributed by atoms with Gasteiger partial charge in [0.15, 0.2) is 0 Å². The monoisotopic (exact) mass is 243 g/mol. The molecule has 0 spiro atoms. The lowest BCUT2D eigenvalue weighted by molar-refractivity contribution is -0.136. The molecule has 1 aromatic carbocycles. The van der Waals surface area contributed by atoms with E-state index in [-0.39, 0.29) is 12.2 Å². The van der Waals surface area contributed by atoms with Gasteiger partial charge in [0.25, 0.3) is 0 Å². The average molecular weight is 243 g/mol. The number of hydrogen-bond acceptors (Lipinski definition) is 3. The first kappa shape index (κ1) is 13.0. The molecular weight excluding hydrogens is 229 g/mol. The molecule has 0 saturated carbocycles. The maximum atomic E-state index is 13.2. The molecule has 0 atom stereocenters. The van der Waals surface area contributed by atoms with Crippen LogP contribution in [-0.4, -0.2) is 29.9 Å². The smallest absolute Gasteiger partial charge is 0.304 e. The number of thioether (sulfide) groups is 1. The van der Waals surface area contributed by atoms with E-state index in [0.717, 1.165) is 5.75 Å². The molecule has 0 heterocycles. The number of benzene rings is 1. The second-order valence-electron chi connectivity index (χ2n) is 3.17. The molecule has 0 aliphatic carbocycles. The minimum atomic E-state index is -0.811. The van der Waals surface area contributed by atoms with Crippen molar-refractivity contribution in [1.82, 2.24) is 5.32 Å². The molecule has 88 valence electrons. The summed E-state index contributed by atoms with van der Waals surface area (Å²) in [5.74, 6) is -0.298. The lowest BCUT2D eigenvalue weighted by Crippen LogP contribution is -2.20. The first-order chi connectivity index (χ1) is 7.70. The highest BCUT2D eigenvalue weighted by Gasteiger charge is 2.00. The van der Waals surface area contributed by atoms with Crippen molar-refractivity contribution >= 4 is 17.7 Å². The zero-order valence-corrected chi connectivity index (χ0v) is 9.60. The number of hydrogen-bond donors (Lipinski definition) is 2. The molecule has 2 N–H and O–H groups in total. The van der Waals surface area contributed by atoms with Gasteiger partial charge in [-0.1, -0.05) is 12.1 Å². The van der Waals surface area contributed by atoms with Crippen LogP contribution in [0.3, 0.4) is 0 Å². The third-order valence-corrected chi connectivity index (χ3v) is 2.94. The number of carboxylic acids is 1. The minimum absolute atomic E-state index is 0.115. The fourth-order valence-corrected chi connectivity index (χ4v) is 1.96. The fourth-order valence-electron chi connectivity index (χ4n) is 1.12. The summed E-state index contributed by atoms with van der Waals surface area (Å²) in [5, 5.41) is 11.4. The minimum Gasteiger partial charge on any atom is -0.481 e. The Balaban J connectivity index is 2.12. The van der Waals surface area contributed by atoms with Crippen LogP contribution < -0.4 is 5.32 Å². The molecular formula is C11H14FNO2S. The highest BCUT2D eigenvalue weighted by atomic mass is 32.2. The van der Waals surface area contributed by atoms with Crippen molar-refractivity contribution in [2.45, 2.75) is 11.3 Å². The average Bonchev–Trinajstić information content (AvgIpc) is 2.25. The highest BCUT2D eigenvalue weighted by molar-refractivity contribution is 7.99. The first-order valence-corrected chi connectivity index (χ1v) is 5.98. The predicted octanol–water partition coefficient (Wildman–Crippen LogP) is 1.98. The van der Waals surface area contributed by atoms with Crippen molar-refractivity contribution in [2.75, 3.05) is 18.8 Å². The number of halogens is 1. The first-order valence-electron chi connectivity index (χ1n) is 5.00. The summed E-state index contributed by atoms with van der Waals surface area (Å²) in [5.41, 5.74) is 0. The molecule has 1 aromatic rings. The quantitative estimate of drug-likeness (QED) is 0.568. The Morgan fingerprint density at radius 2 is 2.12 bits per heavy atom. The van der Waals surface area contributed by atoms with Crippen molar-refractivity contribution in [3.8, 4) is 0 Å². The summed E-state index contributed by atoms with van der Waals surface area (Å²) < 4.78 is 13.2. The van der Waals surface area contributed by atoms with Crippen LogP contribution in [0.1, 0.15) is 6.42 Å². The molecule has 0 unspecified atom stereocenters. The molecule has 0 aliphatic rings. The van der Waals surface area contributed by atoms with E-state index < -0.39 is 5.97 Å². The van der Waals surface area contributed by atoms with Gasteiger partial charge in [0, 0.05) is 23.7 Å². The molecule has 0 saturated heterocycles. The number of carboxylic acid groups (broad SMARTS) is 1. The molecule has 0 bridgehead atoms. The second-order valence-corrected chi connectivity index (χ2v) is 4.31. The van der Waals surface area contributed by atoms with Crippen molar-refractivity contribution < 1.29 is 14.3 Å². The molecule has 5 heteroatoms. The highest BCUT2D eigenvalue weighted by Crippen LogP contribution is 2.20. The van der Waals surface area contributed by atoms with Gasteiger partial charge in [-0.05, 0) is 12.1 Å². The van der Waals surface area contributed by atoms with Crippen LogP contribution in [0.2, 0.25) is 0 Å². The number of nitrogens with one attached hydrogen (secondary N) is 1. The number of aliphatic carboxylic acids is 1. The van der Waals surface area contributed by atoms with Crippen LogP contribution in [0.25, 0.3) is 0 Å². The van der Waals surface area contributed by atoms with E-state index in [1.807, 2.05) is 0 Å². The Morgan fingerprint density at radius 3 is 2.81 bits per heavy atom. The Bertz CT molecular complexity index is 347. The lowest BCUT2D eigenvalue weighted by atomic mass is 10.3. The van der Waals surface area contributed by atoms with Crippen molar-refractivity contribution in [3.05, 3.63) is 30.1 Å². The summed E-state index contributed by atoms with van der Waals surface area (Å²) in [6.07, 6.45) is 0.115. The molecule has 16 heavy (non-hydrogen) atoms. The van der Waals surface area contributed by atoms with E-state index in [9.17, 15) is 9.18 Å². The van der Waals surface area contributed by atoms with Gasteiger partial charge in [0.2, 0.25) is 0 Å². The van der Waals surface area contributed by atoms with Crippen molar-refractivity contribution in [3.63, 3.8) is 0 Å². The summed E-state index contributed by atoms with van der Waals surface area (Å²) in [7, 11) is 0. The Labute approximate surface area is 98.1 Å². The molecule has 1 rings (SSSR count). The molecule has 0 aliphatic heterocycles. The van der Waals surface area contributed by atoms with Crippen LogP contribution in [0, 0.1) is 5.82 Å². The Hall–Kier alpha value is -1.07. The molecule has 0 aromatic heterocycles. The largest absolute Gasteiger partial charge is 0.481 e. The summed E-state index contributed by atoms with van der Waals surface area (Å²) in [6, 6.07) is 6.62. The van der Waals surface area contributed by atoms with E-state index in [4.69, 9.17) is 5.11 Å². The van der Waals surface area contributed by atoms with Crippen LogP contribution in [-0.2, 0) is 4.79 Å². The van der Waals surface area contributed by atoms with E-state index in [1.165, 1.54) is 17.8 Å². The normalized spacial score (nSPS) is 10.3. The topological polar surface area (TPSA) is 49.3 Å². The van der Waals surface area contributed by atoms with Crippen LogP contribution in [0.4, 0.5) is 4.39 Å². The van der Waals surface area contributed by atoms with E-state index in [1.54, 1.807) is 18.2 Å². The summed E-state index contributed by atoms with van der Waals surface area (Å²) in [4.78, 5) is 10.8. The van der Waals surface area contributed by atoms with E-state index in [0.29, 0.717) is 18.0 Å². The van der Waals surface area contributed by atoms with E-state index >= 15 is 0 Å². The van der Waals surface area contributed by atoms with Gasteiger partial charge in [-0.3, -0.25) is 4.79 Å². The van der Waals surface area contributed by atoms with Crippen molar-refractivity contribution in [2.24, 2.45) is 0 Å². The predicted molar refractivity (Wildman–Crippen MR) is 62.2 cm³/mol. The van der Waals surface area contributed by atoms with Gasteiger partial charge in [-0.2, -0.15) is 0 Å². The zero-order valence-electron chi connectivity index (χ0n) is 8.78. The maximum absolute atomic E-state index is 13.2. The second kappa shape index (κ2) is 7.24. The number of carbonyl (C=O) groups is 1. The molecule has 0 fully saturated rings. The van der Waals surface area contributed by atoms with E-state index in [2.05, 4.69) is 5.32 Å². The third-order valence-electron chi connectivity index (χ3n) is 1.89. The Morgan fingerprint density at radius 1 is 1.38 bits per heavy atom. The lowest BCUT2D eigenvalue weighted by Gasteiger charge is -2.04. The van der Waals surface area contributed by atoms with Crippen LogP contribution in [0.15, 0.2) is 29.2 Å². The van der Waals surface area contributed by atoms with Crippen LogP contribution in [0.5, 0.6) is 0 Å². The van der Waals surface area contributed by atoms with Crippen LogP contribution >= 0.6 is 11.8 Å². The standard InChI is InChI=1S/C11H14FNO2S/c12-9-3-1-2-4-10(9)16-8-7-13-6-5-11(14)15/h1-4,13H,5-8H2,(H,14,15). The maximum Gasteiger partial charge on any atom is 0.304 e. The zero-order chi connectivity index (χ0) is 11.8. The fraction of sp³-hybridized carbons (Fsp3) is 0.364. The van der Waals surface area contributed by atoms with Gasteiger partial charge in [0.1, 0.15) is 5.82 Å². The van der Waals surface area contributed by atoms with Gasteiger partial charge >= 0.3 is 5.97 Å². The number of rotatable bonds is 7. The van der Waals surface area contributed by atoms with Gasteiger partial charge in [-0.15, -0.1) is 11.8 Å².